The van der Waals surface area contributed by atoms with Gasteiger partial charge in [-0.25, -0.2) is 0 Å². The molecular weight excluding hydrogens is 226 g/mol. The Morgan fingerprint density at radius 3 is 2.50 bits per heavy atom. The summed E-state index contributed by atoms with van der Waals surface area (Å²) in [5, 5.41) is 5.04. The highest BCUT2D eigenvalue weighted by Gasteiger charge is 2.27. The topological polar surface area (TPSA) is 38.3 Å². The molecule has 0 atom stereocenters. The molecule has 1 N–H and O–H groups in total. The van der Waals surface area contributed by atoms with Crippen LogP contribution in [0.15, 0.2) is 42.5 Å². The van der Waals surface area contributed by atoms with Crippen LogP contribution in [0, 0.1) is 0 Å². The van der Waals surface area contributed by atoms with Crippen LogP contribution in [0.1, 0.15) is 13.8 Å². The molecule has 94 valence electrons. The minimum atomic E-state index is -0.836. The highest BCUT2D eigenvalue weighted by atomic mass is 16.5. The molecule has 0 aliphatic heterocycles. The second kappa shape index (κ2) is 4.78. The third-order valence-corrected chi connectivity index (χ3v) is 3.09. The van der Waals surface area contributed by atoms with Crippen molar-refractivity contribution >= 4 is 22.4 Å². The van der Waals surface area contributed by atoms with Crippen LogP contribution in [-0.2, 0) is 9.53 Å². The van der Waals surface area contributed by atoms with Crippen LogP contribution in [0.4, 0.5) is 5.69 Å². The molecule has 2 aromatic carbocycles. The summed E-state index contributed by atoms with van der Waals surface area (Å²) in [7, 11) is 1.53. The third-order valence-electron chi connectivity index (χ3n) is 3.09. The zero-order valence-electron chi connectivity index (χ0n) is 10.9. The van der Waals surface area contributed by atoms with E-state index in [0.717, 1.165) is 16.5 Å². The van der Waals surface area contributed by atoms with Crippen molar-refractivity contribution < 1.29 is 9.53 Å². The van der Waals surface area contributed by atoms with E-state index in [2.05, 4.69) is 5.32 Å². The van der Waals surface area contributed by atoms with Crippen LogP contribution in [0.2, 0.25) is 0 Å². The van der Waals surface area contributed by atoms with Gasteiger partial charge in [-0.1, -0.05) is 36.4 Å². The second-order valence-corrected chi connectivity index (χ2v) is 4.70. The second-order valence-electron chi connectivity index (χ2n) is 4.70. The number of rotatable bonds is 3. The molecule has 1 amide bonds. The van der Waals surface area contributed by atoms with Crippen LogP contribution >= 0.6 is 0 Å². The molecule has 0 saturated heterocycles. The minimum absolute atomic E-state index is 0.152. The summed E-state index contributed by atoms with van der Waals surface area (Å²) in [5.74, 6) is -0.152. The summed E-state index contributed by atoms with van der Waals surface area (Å²) in [4.78, 5) is 12.1. The maximum atomic E-state index is 12.1. The van der Waals surface area contributed by atoms with E-state index in [1.165, 1.54) is 7.11 Å². The molecule has 0 bridgehead atoms. The molecule has 3 heteroatoms. The van der Waals surface area contributed by atoms with Gasteiger partial charge in [0.2, 0.25) is 0 Å². The number of hydrogen-bond donors (Lipinski definition) is 1. The molecule has 0 aliphatic carbocycles. The number of benzene rings is 2. The highest BCUT2D eigenvalue weighted by molar-refractivity contribution is 6.04. The molecule has 18 heavy (non-hydrogen) atoms. The van der Waals surface area contributed by atoms with Crippen LogP contribution in [0.25, 0.3) is 10.8 Å². The SMILES string of the molecule is COC(C)(C)C(=O)Nc1cccc2ccccc12. The van der Waals surface area contributed by atoms with Gasteiger partial charge < -0.3 is 10.1 Å². The first-order valence-corrected chi connectivity index (χ1v) is 5.89. The van der Waals surface area contributed by atoms with E-state index in [4.69, 9.17) is 4.74 Å². The number of ether oxygens (including phenoxy) is 1. The largest absolute Gasteiger partial charge is 0.369 e. The zero-order chi connectivity index (χ0) is 13.2. The molecule has 2 rings (SSSR count). The van der Waals surface area contributed by atoms with Gasteiger partial charge in [-0.3, -0.25) is 4.79 Å². The van der Waals surface area contributed by atoms with Gasteiger partial charge in [-0.15, -0.1) is 0 Å². The smallest absolute Gasteiger partial charge is 0.256 e. The van der Waals surface area contributed by atoms with E-state index >= 15 is 0 Å². The van der Waals surface area contributed by atoms with Crippen molar-refractivity contribution in [2.24, 2.45) is 0 Å². The van der Waals surface area contributed by atoms with E-state index in [0.29, 0.717) is 0 Å². The number of nitrogens with one attached hydrogen (secondary N) is 1. The van der Waals surface area contributed by atoms with Gasteiger partial charge in [-0.2, -0.15) is 0 Å². The third kappa shape index (κ3) is 2.36. The highest BCUT2D eigenvalue weighted by Crippen LogP contribution is 2.24. The van der Waals surface area contributed by atoms with E-state index in [1.807, 2.05) is 42.5 Å². The number of amides is 1. The van der Waals surface area contributed by atoms with Crippen molar-refractivity contribution in [1.29, 1.82) is 0 Å². The average molecular weight is 243 g/mol. The first-order valence-electron chi connectivity index (χ1n) is 5.89. The predicted octanol–water partition coefficient (Wildman–Crippen LogP) is 3.20. The number of fused-ring (bicyclic) bond motifs is 1. The summed E-state index contributed by atoms with van der Waals surface area (Å²) >= 11 is 0. The zero-order valence-corrected chi connectivity index (χ0v) is 10.9. The van der Waals surface area contributed by atoms with Crippen LogP contribution in [0.5, 0.6) is 0 Å². The summed E-state index contributed by atoms with van der Waals surface area (Å²) in [6.07, 6.45) is 0. The lowest BCUT2D eigenvalue weighted by Crippen LogP contribution is -2.38. The van der Waals surface area contributed by atoms with E-state index in [9.17, 15) is 4.79 Å². The fourth-order valence-electron chi connectivity index (χ4n) is 1.70. The summed E-state index contributed by atoms with van der Waals surface area (Å²) < 4.78 is 5.17. The molecule has 0 spiro atoms. The number of carbonyl (C=O) groups is 1. The van der Waals surface area contributed by atoms with Crippen molar-refractivity contribution in [3.63, 3.8) is 0 Å². The Bertz CT molecular complexity index is 570. The van der Waals surface area contributed by atoms with Crippen molar-refractivity contribution in [3.05, 3.63) is 42.5 Å². The molecule has 0 aliphatic rings. The van der Waals surface area contributed by atoms with E-state index in [-0.39, 0.29) is 5.91 Å². The van der Waals surface area contributed by atoms with Gasteiger partial charge in [0.1, 0.15) is 5.60 Å². The molecule has 3 nitrogen and oxygen atoms in total. The van der Waals surface area contributed by atoms with Gasteiger partial charge >= 0.3 is 0 Å². The van der Waals surface area contributed by atoms with Crippen LogP contribution in [-0.4, -0.2) is 18.6 Å². The van der Waals surface area contributed by atoms with Gasteiger partial charge in [0.25, 0.3) is 5.91 Å². The van der Waals surface area contributed by atoms with Crippen molar-refractivity contribution in [2.45, 2.75) is 19.4 Å². The van der Waals surface area contributed by atoms with Crippen LogP contribution < -0.4 is 5.32 Å². The fraction of sp³-hybridized carbons (Fsp3) is 0.267. The molecule has 0 aromatic heterocycles. The molecule has 0 saturated carbocycles. The normalized spacial score (nSPS) is 11.5. The maximum absolute atomic E-state index is 12.1. The minimum Gasteiger partial charge on any atom is -0.369 e. The predicted molar refractivity (Wildman–Crippen MR) is 73.7 cm³/mol. The summed E-state index contributed by atoms with van der Waals surface area (Å²) in [5.41, 5.74) is -0.0278. The lowest BCUT2D eigenvalue weighted by atomic mass is 10.1. The van der Waals surface area contributed by atoms with E-state index < -0.39 is 5.60 Å². The Labute approximate surface area is 107 Å². The molecule has 0 fully saturated rings. The number of carbonyl (C=O) groups excluding carboxylic acids is 1. The Kier molecular flexibility index (Phi) is 3.34. The van der Waals surface area contributed by atoms with Gasteiger partial charge in [0.15, 0.2) is 0 Å². The Morgan fingerprint density at radius 1 is 1.11 bits per heavy atom. The van der Waals surface area contributed by atoms with Gasteiger partial charge in [0, 0.05) is 18.2 Å². The number of methoxy groups -OCH3 is 1. The summed E-state index contributed by atoms with van der Waals surface area (Å²) in [6.45, 7) is 3.49. The molecule has 0 radical (unpaired) electrons. The first-order chi connectivity index (χ1) is 8.54. The quantitative estimate of drug-likeness (QED) is 0.899. The lowest BCUT2D eigenvalue weighted by molar-refractivity contribution is -0.133. The van der Waals surface area contributed by atoms with Crippen LogP contribution in [0.3, 0.4) is 0 Å². The standard InChI is InChI=1S/C15H17NO2/c1-15(2,18-3)14(17)16-13-10-6-8-11-7-4-5-9-12(11)13/h4-10H,1-3H3,(H,16,17). The summed E-state index contributed by atoms with van der Waals surface area (Å²) in [6, 6.07) is 13.8. The van der Waals surface area contributed by atoms with Crippen molar-refractivity contribution in [1.82, 2.24) is 0 Å². The molecule has 0 heterocycles. The van der Waals surface area contributed by atoms with E-state index in [1.54, 1.807) is 13.8 Å². The number of anilines is 1. The lowest BCUT2D eigenvalue weighted by Gasteiger charge is -2.22. The maximum Gasteiger partial charge on any atom is 0.256 e. The first kappa shape index (κ1) is 12.6. The van der Waals surface area contributed by atoms with Crippen molar-refractivity contribution in [2.75, 3.05) is 12.4 Å². The molecule has 0 unspecified atom stereocenters. The van der Waals surface area contributed by atoms with Crippen molar-refractivity contribution in [3.8, 4) is 0 Å². The van der Waals surface area contributed by atoms with Gasteiger partial charge in [0.05, 0.1) is 0 Å². The average Bonchev–Trinajstić information content (AvgIpc) is 2.39. The monoisotopic (exact) mass is 243 g/mol. The Morgan fingerprint density at radius 2 is 1.78 bits per heavy atom. The molecule has 2 aromatic rings. The number of hydrogen-bond acceptors (Lipinski definition) is 2. The Balaban J connectivity index is 2.36. The molecular formula is C15H17NO2. The van der Waals surface area contributed by atoms with Gasteiger partial charge in [-0.05, 0) is 25.3 Å². The fourth-order valence-corrected chi connectivity index (χ4v) is 1.70. The Hall–Kier alpha value is -1.87.